The average Bonchev–Trinajstić information content (AvgIpc) is 2.50. The van der Waals surface area contributed by atoms with Crippen LogP contribution < -0.4 is 5.32 Å². The summed E-state index contributed by atoms with van der Waals surface area (Å²) in [5.74, 6) is -1.29. The van der Waals surface area contributed by atoms with Crippen molar-refractivity contribution in [2.75, 3.05) is 13.2 Å². The van der Waals surface area contributed by atoms with Crippen LogP contribution in [-0.4, -0.2) is 47.9 Å². The van der Waals surface area contributed by atoms with Crippen LogP contribution in [0.1, 0.15) is 38.1 Å². The van der Waals surface area contributed by atoms with E-state index in [1.54, 1.807) is 29.2 Å². The van der Waals surface area contributed by atoms with E-state index in [1.165, 1.54) is 0 Å². The number of hydrogen-bond donors (Lipinski definition) is 1. The molecule has 0 atom stereocenters. The minimum absolute atomic E-state index is 0.0216. The van der Waals surface area contributed by atoms with Crippen molar-refractivity contribution in [1.29, 1.82) is 0 Å². The summed E-state index contributed by atoms with van der Waals surface area (Å²) in [6.07, 6.45) is 0. The molecule has 7 heteroatoms. The van der Waals surface area contributed by atoms with E-state index < -0.39 is 5.97 Å². The number of amides is 2. The highest BCUT2D eigenvalue weighted by Crippen LogP contribution is 2.10. The first-order valence-electron chi connectivity index (χ1n) is 7.73. The number of carbonyl (C=O) groups excluding carboxylic acids is 3. The van der Waals surface area contributed by atoms with Crippen molar-refractivity contribution in [3.05, 3.63) is 34.3 Å². The molecule has 0 fully saturated rings. The van der Waals surface area contributed by atoms with E-state index in [0.717, 1.165) is 4.47 Å². The molecule has 0 unspecified atom stereocenters. The van der Waals surface area contributed by atoms with Crippen LogP contribution in [0.3, 0.4) is 0 Å². The van der Waals surface area contributed by atoms with Gasteiger partial charge in [0.15, 0.2) is 6.61 Å². The fourth-order valence-electron chi connectivity index (χ4n) is 2.30. The van der Waals surface area contributed by atoms with Crippen molar-refractivity contribution < 1.29 is 19.1 Å². The normalized spacial score (nSPS) is 10.6. The summed E-state index contributed by atoms with van der Waals surface area (Å²) in [5, 5.41) is 2.46. The van der Waals surface area contributed by atoms with Gasteiger partial charge in [0.1, 0.15) is 6.54 Å². The minimum Gasteiger partial charge on any atom is -0.454 e. The Kier molecular flexibility index (Phi) is 7.91. The standard InChI is InChI=1S/C17H23BrN2O4/c1-11(2)20(12(3)4)15(21)10-24-16(22)9-19-17(23)13-5-7-14(18)8-6-13/h5-8,11-12H,9-10H2,1-4H3,(H,19,23). The Morgan fingerprint density at radius 1 is 1.08 bits per heavy atom. The smallest absolute Gasteiger partial charge is 0.325 e. The third-order valence-corrected chi connectivity index (χ3v) is 3.79. The van der Waals surface area contributed by atoms with Gasteiger partial charge in [-0.25, -0.2) is 0 Å². The zero-order chi connectivity index (χ0) is 18.3. The number of nitrogens with one attached hydrogen (secondary N) is 1. The van der Waals surface area contributed by atoms with E-state index in [-0.39, 0.29) is 37.0 Å². The van der Waals surface area contributed by atoms with Crippen LogP contribution in [0.15, 0.2) is 28.7 Å². The van der Waals surface area contributed by atoms with Gasteiger partial charge >= 0.3 is 5.97 Å². The molecule has 6 nitrogen and oxygen atoms in total. The van der Waals surface area contributed by atoms with Gasteiger partial charge in [0.05, 0.1) is 0 Å². The molecule has 2 amide bonds. The molecule has 0 spiro atoms. The largest absolute Gasteiger partial charge is 0.454 e. The molecule has 0 aliphatic heterocycles. The Bertz CT molecular complexity index is 577. The summed E-state index contributed by atoms with van der Waals surface area (Å²) >= 11 is 3.28. The predicted octanol–water partition coefficient (Wildman–Crippen LogP) is 2.37. The average molecular weight is 399 g/mol. The molecule has 0 aromatic heterocycles. The van der Waals surface area contributed by atoms with E-state index in [0.29, 0.717) is 5.56 Å². The third kappa shape index (κ3) is 6.31. The molecule has 1 rings (SSSR count). The number of halogens is 1. The molecule has 0 heterocycles. The number of esters is 1. The second kappa shape index (κ2) is 9.42. The lowest BCUT2D eigenvalue weighted by atomic mass is 10.2. The maximum absolute atomic E-state index is 12.1. The van der Waals surface area contributed by atoms with Crippen LogP contribution in [-0.2, 0) is 14.3 Å². The monoisotopic (exact) mass is 398 g/mol. The van der Waals surface area contributed by atoms with Gasteiger partial charge in [-0.3, -0.25) is 14.4 Å². The van der Waals surface area contributed by atoms with Crippen LogP contribution in [0.25, 0.3) is 0 Å². The van der Waals surface area contributed by atoms with Gasteiger partial charge < -0.3 is 15.0 Å². The molecule has 0 saturated carbocycles. The van der Waals surface area contributed by atoms with Crippen molar-refractivity contribution in [2.24, 2.45) is 0 Å². The number of carbonyl (C=O) groups is 3. The van der Waals surface area contributed by atoms with Crippen LogP contribution in [0, 0.1) is 0 Å². The van der Waals surface area contributed by atoms with Gasteiger partial charge in [-0.05, 0) is 52.0 Å². The first-order valence-corrected chi connectivity index (χ1v) is 8.52. The van der Waals surface area contributed by atoms with E-state index in [4.69, 9.17) is 4.74 Å². The number of ether oxygens (including phenoxy) is 1. The Labute approximate surface area is 150 Å². The lowest BCUT2D eigenvalue weighted by Crippen LogP contribution is -2.44. The zero-order valence-electron chi connectivity index (χ0n) is 14.3. The second-order valence-electron chi connectivity index (χ2n) is 5.84. The third-order valence-electron chi connectivity index (χ3n) is 3.26. The van der Waals surface area contributed by atoms with E-state index >= 15 is 0 Å². The number of nitrogens with zero attached hydrogens (tertiary/aromatic N) is 1. The highest BCUT2D eigenvalue weighted by molar-refractivity contribution is 9.10. The molecule has 0 bridgehead atoms. The molecule has 1 N–H and O–H groups in total. The van der Waals surface area contributed by atoms with Crippen molar-refractivity contribution in [3.8, 4) is 0 Å². The van der Waals surface area contributed by atoms with Gasteiger partial charge in [0.2, 0.25) is 0 Å². The lowest BCUT2D eigenvalue weighted by molar-refractivity contribution is -0.152. The molecular formula is C17H23BrN2O4. The van der Waals surface area contributed by atoms with Gasteiger partial charge in [-0.15, -0.1) is 0 Å². The minimum atomic E-state index is -0.652. The predicted molar refractivity (Wildman–Crippen MR) is 94.6 cm³/mol. The van der Waals surface area contributed by atoms with Crippen LogP contribution in [0.4, 0.5) is 0 Å². The Morgan fingerprint density at radius 3 is 2.12 bits per heavy atom. The summed E-state index contributed by atoms with van der Waals surface area (Å²) in [5.41, 5.74) is 0.438. The van der Waals surface area contributed by atoms with E-state index in [2.05, 4.69) is 21.2 Å². The van der Waals surface area contributed by atoms with Crippen molar-refractivity contribution in [3.63, 3.8) is 0 Å². The fourth-order valence-corrected chi connectivity index (χ4v) is 2.56. The van der Waals surface area contributed by atoms with E-state index in [9.17, 15) is 14.4 Å². The van der Waals surface area contributed by atoms with Crippen LogP contribution in [0.5, 0.6) is 0 Å². The number of rotatable bonds is 7. The van der Waals surface area contributed by atoms with Gasteiger partial charge in [0.25, 0.3) is 11.8 Å². The first-order chi connectivity index (χ1) is 11.2. The Morgan fingerprint density at radius 2 is 1.62 bits per heavy atom. The molecule has 0 radical (unpaired) electrons. The van der Waals surface area contributed by atoms with Gasteiger partial charge in [-0.1, -0.05) is 15.9 Å². The zero-order valence-corrected chi connectivity index (χ0v) is 15.9. The summed E-state index contributed by atoms with van der Waals surface area (Å²) in [6.45, 7) is 6.99. The topological polar surface area (TPSA) is 75.7 Å². The molecule has 0 saturated heterocycles. The number of benzene rings is 1. The Hall–Kier alpha value is -1.89. The summed E-state index contributed by atoms with van der Waals surface area (Å²) < 4.78 is 5.80. The summed E-state index contributed by atoms with van der Waals surface area (Å²) in [7, 11) is 0. The Balaban J connectivity index is 2.42. The van der Waals surface area contributed by atoms with Crippen molar-refractivity contribution in [1.82, 2.24) is 10.2 Å². The molecule has 132 valence electrons. The molecule has 1 aromatic carbocycles. The second-order valence-corrected chi connectivity index (χ2v) is 6.75. The molecule has 24 heavy (non-hydrogen) atoms. The highest BCUT2D eigenvalue weighted by atomic mass is 79.9. The SMILES string of the molecule is CC(C)N(C(=O)COC(=O)CNC(=O)c1ccc(Br)cc1)C(C)C. The van der Waals surface area contributed by atoms with E-state index in [1.807, 2.05) is 27.7 Å². The summed E-state index contributed by atoms with van der Waals surface area (Å²) in [4.78, 5) is 37.3. The van der Waals surface area contributed by atoms with Crippen LogP contribution >= 0.6 is 15.9 Å². The molecule has 1 aromatic rings. The molecule has 0 aliphatic carbocycles. The molecule has 0 aliphatic rings. The number of hydrogen-bond acceptors (Lipinski definition) is 4. The lowest BCUT2D eigenvalue weighted by Gasteiger charge is -2.30. The molecular weight excluding hydrogens is 376 g/mol. The van der Waals surface area contributed by atoms with Crippen molar-refractivity contribution >= 4 is 33.7 Å². The van der Waals surface area contributed by atoms with Crippen molar-refractivity contribution in [2.45, 2.75) is 39.8 Å². The first kappa shape index (κ1) is 20.2. The maximum atomic E-state index is 12.1. The van der Waals surface area contributed by atoms with Crippen LogP contribution in [0.2, 0.25) is 0 Å². The highest BCUT2D eigenvalue weighted by Gasteiger charge is 2.21. The quantitative estimate of drug-likeness (QED) is 0.715. The van der Waals surface area contributed by atoms with Gasteiger partial charge in [-0.2, -0.15) is 0 Å². The maximum Gasteiger partial charge on any atom is 0.325 e. The summed E-state index contributed by atoms with van der Waals surface area (Å²) in [6, 6.07) is 6.78. The van der Waals surface area contributed by atoms with Gasteiger partial charge in [0, 0.05) is 22.1 Å². The fraction of sp³-hybridized carbons (Fsp3) is 0.471.